The smallest absolute Gasteiger partial charge is 0.416 e. The van der Waals surface area contributed by atoms with Crippen LogP contribution < -0.4 is 20.7 Å². The molecule has 8 nitrogen and oxygen atoms in total. The quantitative estimate of drug-likeness (QED) is 0.453. The number of methoxy groups -OCH3 is 1. The number of amides is 4. The van der Waals surface area contributed by atoms with E-state index in [1.807, 2.05) is 0 Å². The molecule has 2 aromatic rings. The number of urea groups is 2. The van der Waals surface area contributed by atoms with Crippen molar-refractivity contribution < 1.29 is 27.5 Å². The Morgan fingerprint density at radius 2 is 1.67 bits per heavy atom. The van der Waals surface area contributed by atoms with Gasteiger partial charge in [0.25, 0.3) is 0 Å². The van der Waals surface area contributed by atoms with Gasteiger partial charge in [-0.1, -0.05) is 18.6 Å². The van der Waals surface area contributed by atoms with E-state index in [1.54, 1.807) is 36.3 Å². The Hall–Kier alpha value is -3.47. The normalized spacial score (nSPS) is 14.1. The highest BCUT2D eigenvalue weighted by Crippen LogP contribution is 2.30. The Morgan fingerprint density at radius 3 is 2.36 bits per heavy atom. The summed E-state index contributed by atoms with van der Waals surface area (Å²) in [5.74, 6) is 0.612. The predicted octanol–water partition coefficient (Wildman–Crippen LogP) is 4.86. The molecular weight excluding hydrogens is 475 g/mol. The standard InChI is InChI=1S/C25H32F3N5O3/c1-36-22-10-6-9-21(18-22)31-24(35)33(16-15-32-12-3-2-4-13-32)14-11-29-23(34)30-20-8-5-7-19(17-20)25(26,27)28/h5-10,17-18H,2-4,11-16H2,1H3,(H,31,35)(H2,29,30,34). The summed E-state index contributed by atoms with van der Waals surface area (Å²) in [6.07, 6.45) is -1.03. The lowest BCUT2D eigenvalue weighted by Crippen LogP contribution is -2.45. The van der Waals surface area contributed by atoms with Gasteiger partial charge in [-0.25, -0.2) is 9.59 Å². The number of anilines is 2. The number of nitrogens with one attached hydrogen (secondary N) is 3. The van der Waals surface area contributed by atoms with Gasteiger partial charge < -0.3 is 30.5 Å². The number of hydrogen-bond donors (Lipinski definition) is 3. The van der Waals surface area contributed by atoms with Gasteiger partial charge in [-0.15, -0.1) is 0 Å². The van der Waals surface area contributed by atoms with Gasteiger partial charge in [-0.3, -0.25) is 0 Å². The van der Waals surface area contributed by atoms with Crippen molar-refractivity contribution in [2.24, 2.45) is 0 Å². The number of hydrogen-bond acceptors (Lipinski definition) is 4. The number of halogens is 3. The van der Waals surface area contributed by atoms with E-state index in [1.165, 1.54) is 18.6 Å². The molecule has 2 aromatic carbocycles. The van der Waals surface area contributed by atoms with Crippen LogP contribution in [0.15, 0.2) is 48.5 Å². The number of rotatable bonds is 9. The van der Waals surface area contributed by atoms with Crippen molar-refractivity contribution in [1.82, 2.24) is 15.1 Å². The highest BCUT2D eigenvalue weighted by Gasteiger charge is 2.30. The van der Waals surface area contributed by atoms with E-state index < -0.39 is 17.8 Å². The first kappa shape index (κ1) is 27.1. The zero-order chi connectivity index (χ0) is 26.0. The van der Waals surface area contributed by atoms with Crippen molar-refractivity contribution in [2.75, 3.05) is 57.0 Å². The van der Waals surface area contributed by atoms with Crippen LogP contribution in [0.25, 0.3) is 0 Å². The average Bonchev–Trinajstić information content (AvgIpc) is 2.86. The minimum atomic E-state index is -4.50. The molecule has 3 rings (SSSR count). The second-order valence-corrected chi connectivity index (χ2v) is 8.51. The first-order valence-electron chi connectivity index (χ1n) is 11.9. The molecule has 0 saturated carbocycles. The van der Waals surface area contributed by atoms with Gasteiger partial charge in [0.05, 0.1) is 12.7 Å². The minimum Gasteiger partial charge on any atom is -0.497 e. The van der Waals surface area contributed by atoms with Crippen LogP contribution in [0, 0.1) is 0 Å². The molecule has 0 atom stereocenters. The van der Waals surface area contributed by atoms with Crippen molar-refractivity contribution >= 4 is 23.4 Å². The van der Waals surface area contributed by atoms with Gasteiger partial charge in [0.1, 0.15) is 5.75 Å². The van der Waals surface area contributed by atoms with Crippen molar-refractivity contribution in [3.63, 3.8) is 0 Å². The van der Waals surface area contributed by atoms with E-state index in [4.69, 9.17) is 4.74 Å². The molecule has 11 heteroatoms. The third kappa shape index (κ3) is 8.63. The van der Waals surface area contributed by atoms with Crippen LogP contribution in [0.5, 0.6) is 5.75 Å². The van der Waals surface area contributed by atoms with Gasteiger partial charge in [-0.2, -0.15) is 13.2 Å². The lowest BCUT2D eigenvalue weighted by atomic mass is 10.1. The maximum absolute atomic E-state index is 13.0. The van der Waals surface area contributed by atoms with Crippen LogP contribution in [0.1, 0.15) is 24.8 Å². The van der Waals surface area contributed by atoms with Gasteiger partial charge in [0.15, 0.2) is 0 Å². The number of likely N-dealkylation sites (tertiary alicyclic amines) is 1. The van der Waals surface area contributed by atoms with E-state index in [0.29, 0.717) is 24.5 Å². The summed E-state index contributed by atoms with van der Waals surface area (Å²) < 4.78 is 43.9. The van der Waals surface area contributed by atoms with Gasteiger partial charge >= 0.3 is 18.2 Å². The monoisotopic (exact) mass is 507 g/mol. The first-order chi connectivity index (χ1) is 17.2. The molecule has 1 aliphatic rings. The van der Waals surface area contributed by atoms with E-state index in [2.05, 4.69) is 20.9 Å². The fourth-order valence-corrected chi connectivity index (χ4v) is 3.92. The molecule has 0 unspecified atom stereocenters. The SMILES string of the molecule is COc1cccc(NC(=O)N(CCNC(=O)Nc2cccc(C(F)(F)F)c2)CCN2CCCCC2)c1. The molecule has 36 heavy (non-hydrogen) atoms. The van der Waals surface area contributed by atoms with Crippen molar-refractivity contribution in [3.05, 3.63) is 54.1 Å². The van der Waals surface area contributed by atoms with E-state index in [9.17, 15) is 22.8 Å². The molecule has 1 saturated heterocycles. The number of piperidine rings is 1. The minimum absolute atomic E-state index is 0.0278. The van der Waals surface area contributed by atoms with Crippen LogP contribution >= 0.6 is 0 Å². The Balaban J connectivity index is 1.56. The molecule has 0 aromatic heterocycles. The lowest BCUT2D eigenvalue weighted by Gasteiger charge is -2.30. The number of ether oxygens (including phenoxy) is 1. The van der Waals surface area contributed by atoms with Crippen LogP contribution in [-0.4, -0.2) is 68.2 Å². The third-order valence-electron chi connectivity index (χ3n) is 5.86. The highest BCUT2D eigenvalue weighted by atomic mass is 19.4. The molecule has 1 heterocycles. The molecule has 196 valence electrons. The van der Waals surface area contributed by atoms with E-state index >= 15 is 0 Å². The number of benzene rings is 2. The number of alkyl halides is 3. The second kappa shape index (κ2) is 13.0. The van der Waals surface area contributed by atoms with Crippen LogP contribution in [-0.2, 0) is 6.18 Å². The second-order valence-electron chi connectivity index (χ2n) is 8.51. The molecule has 0 spiro atoms. The summed E-state index contributed by atoms with van der Waals surface area (Å²) in [6.45, 7) is 3.50. The number of carbonyl (C=O) groups excluding carboxylic acids is 2. The Morgan fingerprint density at radius 1 is 0.972 bits per heavy atom. The fraction of sp³-hybridized carbons (Fsp3) is 0.440. The molecule has 4 amide bonds. The topological polar surface area (TPSA) is 85.9 Å². The molecule has 0 aliphatic carbocycles. The fourth-order valence-electron chi connectivity index (χ4n) is 3.92. The first-order valence-corrected chi connectivity index (χ1v) is 11.9. The van der Waals surface area contributed by atoms with Crippen LogP contribution in [0.2, 0.25) is 0 Å². The maximum Gasteiger partial charge on any atom is 0.416 e. The van der Waals surface area contributed by atoms with E-state index in [-0.39, 0.29) is 24.8 Å². The highest BCUT2D eigenvalue weighted by molar-refractivity contribution is 5.90. The van der Waals surface area contributed by atoms with Crippen molar-refractivity contribution in [1.29, 1.82) is 0 Å². The van der Waals surface area contributed by atoms with Crippen LogP contribution in [0.4, 0.5) is 34.1 Å². The van der Waals surface area contributed by atoms with Crippen molar-refractivity contribution in [3.8, 4) is 5.75 Å². The number of carbonyl (C=O) groups is 2. The Labute approximate surface area is 208 Å². The molecule has 3 N–H and O–H groups in total. The molecule has 0 radical (unpaired) electrons. The Bertz CT molecular complexity index is 1010. The predicted molar refractivity (Wildman–Crippen MR) is 132 cm³/mol. The summed E-state index contributed by atoms with van der Waals surface area (Å²) in [6, 6.07) is 10.4. The van der Waals surface area contributed by atoms with E-state index in [0.717, 1.165) is 38.1 Å². The average molecular weight is 508 g/mol. The zero-order valence-corrected chi connectivity index (χ0v) is 20.2. The van der Waals surface area contributed by atoms with Crippen molar-refractivity contribution in [2.45, 2.75) is 25.4 Å². The summed E-state index contributed by atoms with van der Waals surface area (Å²) in [5.41, 5.74) is -0.240. The maximum atomic E-state index is 13.0. The Kier molecular flexibility index (Phi) is 9.80. The summed E-state index contributed by atoms with van der Waals surface area (Å²) in [4.78, 5) is 29.2. The summed E-state index contributed by atoms with van der Waals surface area (Å²) in [5, 5.41) is 7.87. The van der Waals surface area contributed by atoms with Gasteiger partial charge in [0, 0.05) is 43.6 Å². The van der Waals surface area contributed by atoms with Crippen LogP contribution in [0.3, 0.4) is 0 Å². The summed E-state index contributed by atoms with van der Waals surface area (Å²) in [7, 11) is 1.54. The van der Waals surface area contributed by atoms with Gasteiger partial charge in [-0.05, 0) is 56.3 Å². The molecular formula is C25H32F3N5O3. The molecule has 0 bridgehead atoms. The number of nitrogens with zero attached hydrogens (tertiary/aromatic N) is 2. The lowest BCUT2D eigenvalue weighted by molar-refractivity contribution is -0.137. The summed E-state index contributed by atoms with van der Waals surface area (Å²) >= 11 is 0. The zero-order valence-electron chi connectivity index (χ0n) is 20.2. The molecule has 1 fully saturated rings. The largest absolute Gasteiger partial charge is 0.497 e. The van der Waals surface area contributed by atoms with Gasteiger partial charge in [0.2, 0.25) is 0 Å². The molecule has 1 aliphatic heterocycles. The third-order valence-corrected chi connectivity index (χ3v) is 5.86.